The van der Waals surface area contributed by atoms with Crippen LogP contribution < -0.4 is 0 Å². The van der Waals surface area contributed by atoms with Crippen LogP contribution in [-0.2, 0) is 6.54 Å². The fourth-order valence-corrected chi connectivity index (χ4v) is 3.82. The molecule has 1 amide bonds. The minimum absolute atomic E-state index is 0.0548. The van der Waals surface area contributed by atoms with Crippen molar-refractivity contribution in [1.82, 2.24) is 4.90 Å². The number of nitrogens with zero attached hydrogens (tertiary/aromatic N) is 1. The summed E-state index contributed by atoms with van der Waals surface area (Å²) in [6, 6.07) is 24.5. The molecule has 0 radical (unpaired) electrons. The zero-order chi connectivity index (χ0) is 17.4. The molecule has 1 heterocycles. The largest absolute Gasteiger partial charge is 0.323 e. The monoisotopic (exact) mass is 391 g/mol. The molecule has 4 rings (SSSR count). The van der Waals surface area contributed by atoms with Gasteiger partial charge in [0.25, 0.3) is 5.91 Å². The molecule has 0 aromatic heterocycles. The van der Waals surface area contributed by atoms with Crippen LogP contribution >= 0.6 is 15.9 Å². The minimum Gasteiger partial charge on any atom is -0.323 e. The van der Waals surface area contributed by atoms with Gasteiger partial charge >= 0.3 is 0 Å². The molecule has 3 aromatic rings. The number of rotatable bonds is 3. The number of carbonyl (C=O) groups excluding carboxylic acids is 1. The standard InChI is InChI=1S/C22H18BrNO/c1-15-7-9-17(10-8-15)21-20-13-18(23)11-12-19(20)22(25)24(21)14-16-5-3-2-4-6-16/h2-13,21H,14H2,1H3. The first-order chi connectivity index (χ1) is 12.1. The predicted octanol–water partition coefficient (Wildman–Crippen LogP) is 5.50. The molecule has 0 aliphatic carbocycles. The van der Waals surface area contributed by atoms with Crippen molar-refractivity contribution in [2.45, 2.75) is 19.5 Å². The molecular formula is C22H18BrNO. The Morgan fingerprint density at radius 3 is 2.40 bits per heavy atom. The van der Waals surface area contributed by atoms with E-state index in [1.54, 1.807) is 0 Å². The van der Waals surface area contributed by atoms with Gasteiger partial charge < -0.3 is 4.90 Å². The van der Waals surface area contributed by atoms with Crippen LogP contribution in [0.15, 0.2) is 77.3 Å². The molecule has 3 aromatic carbocycles. The molecule has 1 aliphatic rings. The number of hydrogen-bond donors (Lipinski definition) is 0. The van der Waals surface area contributed by atoms with Crippen molar-refractivity contribution in [1.29, 1.82) is 0 Å². The van der Waals surface area contributed by atoms with Gasteiger partial charge in [-0.25, -0.2) is 0 Å². The molecule has 0 saturated heterocycles. The fraction of sp³-hybridized carbons (Fsp3) is 0.136. The topological polar surface area (TPSA) is 20.3 Å². The maximum atomic E-state index is 13.1. The minimum atomic E-state index is -0.0548. The van der Waals surface area contributed by atoms with E-state index in [9.17, 15) is 4.79 Å². The van der Waals surface area contributed by atoms with Gasteiger partial charge in [0.2, 0.25) is 0 Å². The highest BCUT2D eigenvalue weighted by atomic mass is 79.9. The van der Waals surface area contributed by atoms with Crippen LogP contribution in [0.25, 0.3) is 0 Å². The number of benzene rings is 3. The summed E-state index contributed by atoms with van der Waals surface area (Å²) in [5, 5.41) is 0. The lowest BCUT2D eigenvalue weighted by molar-refractivity contribution is 0.0736. The predicted molar refractivity (Wildman–Crippen MR) is 103 cm³/mol. The summed E-state index contributed by atoms with van der Waals surface area (Å²) in [4.78, 5) is 15.0. The van der Waals surface area contributed by atoms with Crippen molar-refractivity contribution in [3.63, 3.8) is 0 Å². The summed E-state index contributed by atoms with van der Waals surface area (Å²) >= 11 is 3.55. The van der Waals surface area contributed by atoms with E-state index in [0.717, 1.165) is 26.7 Å². The van der Waals surface area contributed by atoms with Crippen LogP contribution in [0.3, 0.4) is 0 Å². The van der Waals surface area contributed by atoms with Gasteiger partial charge in [0.1, 0.15) is 0 Å². The molecule has 0 saturated carbocycles. The Balaban J connectivity index is 1.81. The molecule has 1 aliphatic heterocycles. The van der Waals surface area contributed by atoms with Gasteiger partial charge in [-0.3, -0.25) is 4.79 Å². The van der Waals surface area contributed by atoms with Crippen LogP contribution in [0.2, 0.25) is 0 Å². The lowest BCUT2D eigenvalue weighted by atomic mass is 9.97. The summed E-state index contributed by atoms with van der Waals surface area (Å²) < 4.78 is 0.998. The second-order valence-corrected chi connectivity index (χ2v) is 7.38. The maximum absolute atomic E-state index is 13.1. The molecule has 3 heteroatoms. The Bertz CT molecular complexity index is 919. The highest BCUT2D eigenvalue weighted by Crippen LogP contribution is 2.40. The van der Waals surface area contributed by atoms with Crippen molar-refractivity contribution in [2.24, 2.45) is 0 Å². The average Bonchev–Trinajstić information content (AvgIpc) is 2.88. The summed E-state index contributed by atoms with van der Waals surface area (Å²) in [6.45, 7) is 2.68. The van der Waals surface area contributed by atoms with Gasteiger partial charge in [-0.1, -0.05) is 76.1 Å². The van der Waals surface area contributed by atoms with Crippen LogP contribution in [0.4, 0.5) is 0 Å². The lowest BCUT2D eigenvalue weighted by Crippen LogP contribution is -2.28. The smallest absolute Gasteiger partial charge is 0.255 e. The van der Waals surface area contributed by atoms with E-state index >= 15 is 0 Å². The molecule has 0 N–H and O–H groups in total. The summed E-state index contributed by atoms with van der Waals surface area (Å²) in [7, 11) is 0. The third-order valence-electron chi connectivity index (χ3n) is 4.70. The lowest BCUT2D eigenvalue weighted by Gasteiger charge is -2.26. The van der Waals surface area contributed by atoms with Gasteiger partial charge in [0.15, 0.2) is 0 Å². The average molecular weight is 392 g/mol. The van der Waals surface area contributed by atoms with E-state index in [0.29, 0.717) is 6.54 Å². The maximum Gasteiger partial charge on any atom is 0.255 e. The normalized spacial score (nSPS) is 16.2. The molecule has 25 heavy (non-hydrogen) atoms. The van der Waals surface area contributed by atoms with Crippen LogP contribution in [-0.4, -0.2) is 10.8 Å². The number of carbonyl (C=O) groups is 1. The molecule has 124 valence electrons. The first kappa shape index (κ1) is 16.1. The molecule has 1 atom stereocenters. The van der Waals surface area contributed by atoms with Crippen molar-refractivity contribution < 1.29 is 4.79 Å². The van der Waals surface area contributed by atoms with Crippen LogP contribution in [0.5, 0.6) is 0 Å². The summed E-state index contributed by atoms with van der Waals surface area (Å²) in [6.07, 6.45) is 0. The first-order valence-corrected chi connectivity index (χ1v) is 9.14. The van der Waals surface area contributed by atoms with Crippen molar-refractivity contribution in [3.05, 3.63) is 105 Å². The molecule has 0 spiro atoms. The van der Waals surface area contributed by atoms with E-state index in [1.807, 2.05) is 35.2 Å². The SMILES string of the molecule is Cc1ccc(C2c3cc(Br)ccc3C(=O)N2Cc2ccccc2)cc1. The highest BCUT2D eigenvalue weighted by molar-refractivity contribution is 9.10. The Labute approximate surface area is 156 Å². The van der Waals surface area contributed by atoms with Crippen LogP contribution in [0.1, 0.15) is 38.7 Å². The number of aryl methyl sites for hydroxylation is 1. The van der Waals surface area contributed by atoms with E-state index in [4.69, 9.17) is 0 Å². The van der Waals surface area contributed by atoms with Crippen molar-refractivity contribution >= 4 is 21.8 Å². The van der Waals surface area contributed by atoms with Gasteiger partial charge in [-0.15, -0.1) is 0 Å². The number of hydrogen-bond acceptors (Lipinski definition) is 1. The van der Waals surface area contributed by atoms with Crippen LogP contribution in [0, 0.1) is 6.92 Å². The van der Waals surface area contributed by atoms with Gasteiger partial charge in [-0.05, 0) is 41.8 Å². The van der Waals surface area contributed by atoms with Gasteiger partial charge in [-0.2, -0.15) is 0 Å². The zero-order valence-corrected chi connectivity index (χ0v) is 15.5. The van der Waals surface area contributed by atoms with Gasteiger partial charge in [0, 0.05) is 16.6 Å². The van der Waals surface area contributed by atoms with E-state index < -0.39 is 0 Å². The Morgan fingerprint density at radius 1 is 0.960 bits per heavy atom. The third kappa shape index (κ3) is 3.00. The molecule has 2 nitrogen and oxygen atoms in total. The first-order valence-electron chi connectivity index (χ1n) is 8.34. The molecule has 0 fully saturated rings. The quantitative estimate of drug-likeness (QED) is 0.576. The Morgan fingerprint density at radius 2 is 1.68 bits per heavy atom. The third-order valence-corrected chi connectivity index (χ3v) is 5.19. The zero-order valence-electron chi connectivity index (χ0n) is 13.9. The number of fused-ring (bicyclic) bond motifs is 1. The Hall–Kier alpha value is -2.39. The second-order valence-electron chi connectivity index (χ2n) is 6.46. The molecule has 1 unspecified atom stereocenters. The Kier molecular flexibility index (Phi) is 4.18. The highest BCUT2D eigenvalue weighted by Gasteiger charge is 2.37. The van der Waals surface area contributed by atoms with Gasteiger partial charge in [0.05, 0.1) is 6.04 Å². The van der Waals surface area contributed by atoms with E-state index in [-0.39, 0.29) is 11.9 Å². The molecule has 0 bridgehead atoms. The number of amides is 1. The summed E-state index contributed by atoms with van der Waals surface area (Å²) in [5.41, 5.74) is 5.37. The van der Waals surface area contributed by atoms with Crippen molar-refractivity contribution in [3.8, 4) is 0 Å². The fourth-order valence-electron chi connectivity index (χ4n) is 3.45. The van der Waals surface area contributed by atoms with E-state index in [2.05, 4.69) is 65.3 Å². The number of halogens is 1. The summed E-state index contributed by atoms with van der Waals surface area (Å²) in [5.74, 6) is 0.0944. The second kappa shape index (κ2) is 6.49. The van der Waals surface area contributed by atoms with E-state index in [1.165, 1.54) is 5.56 Å². The molecular weight excluding hydrogens is 374 g/mol. The van der Waals surface area contributed by atoms with Crippen molar-refractivity contribution in [2.75, 3.05) is 0 Å².